The quantitative estimate of drug-likeness (QED) is 0.346. The van der Waals surface area contributed by atoms with Crippen LogP contribution in [0.3, 0.4) is 0 Å². The fourth-order valence-corrected chi connectivity index (χ4v) is 5.36. The predicted octanol–water partition coefficient (Wildman–Crippen LogP) is 5.34. The van der Waals surface area contributed by atoms with Crippen LogP contribution >= 0.6 is 23.2 Å². The maximum atomic E-state index is 13.4. The van der Waals surface area contributed by atoms with Crippen molar-refractivity contribution in [2.45, 2.75) is 24.7 Å². The van der Waals surface area contributed by atoms with Gasteiger partial charge in [-0.2, -0.15) is 0 Å². The van der Waals surface area contributed by atoms with Gasteiger partial charge in [0.05, 0.1) is 17.2 Å². The number of nitrogens with one attached hydrogen (secondary N) is 1. The van der Waals surface area contributed by atoms with Gasteiger partial charge in [-0.3, -0.25) is 9.10 Å². The van der Waals surface area contributed by atoms with Crippen molar-refractivity contribution in [2.24, 2.45) is 0 Å². The molecule has 3 rings (SSSR count). The third-order valence-corrected chi connectivity index (χ3v) is 7.20. The Labute approximate surface area is 210 Å². The second-order valence-electron chi connectivity index (χ2n) is 7.45. The van der Waals surface area contributed by atoms with Crippen LogP contribution in [-0.2, 0) is 21.2 Å². The van der Waals surface area contributed by atoms with Gasteiger partial charge in [-0.15, -0.1) is 0 Å². The van der Waals surface area contributed by atoms with Gasteiger partial charge in [0.25, 0.3) is 10.0 Å². The van der Waals surface area contributed by atoms with E-state index in [-0.39, 0.29) is 20.6 Å². The van der Waals surface area contributed by atoms with Crippen LogP contribution in [0.5, 0.6) is 5.75 Å². The van der Waals surface area contributed by atoms with E-state index in [1.54, 1.807) is 18.2 Å². The number of amides is 1. The summed E-state index contributed by atoms with van der Waals surface area (Å²) in [6.45, 7) is 2.48. The monoisotopic (exact) mass is 520 g/mol. The van der Waals surface area contributed by atoms with E-state index in [0.717, 1.165) is 15.6 Å². The van der Waals surface area contributed by atoms with Crippen molar-refractivity contribution in [3.63, 3.8) is 0 Å². The molecule has 0 saturated heterocycles. The molecule has 34 heavy (non-hydrogen) atoms. The zero-order valence-electron chi connectivity index (χ0n) is 18.7. The van der Waals surface area contributed by atoms with E-state index < -0.39 is 22.5 Å². The number of nitrogens with zero attached hydrogens (tertiary/aromatic N) is 1. The molecule has 0 unspecified atom stereocenters. The van der Waals surface area contributed by atoms with E-state index in [4.69, 9.17) is 27.9 Å². The van der Waals surface area contributed by atoms with Gasteiger partial charge >= 0.3 is 0 Å². The summed E-state index contributed by atoms with van der Waals surface area (Å²) in [7, 11) is -4.03. The molecule has 1 amide bonds. The van der Waals surface area contributed by atoms with Crippen LogP contribution in [0, 0.1) is 0 Å². The molecule has 0 saturated carbocycles. The zero-order valence-corrected chi connectivity index (χ0v) is 21.0. The van der Waals surface area contributed by atoms with Gasteiger partial charge in [-0.1, -0.05) is 59.6 Å². The van der Waals surface area contributed by atoms with Crippen molar-refractivity contribution >= 4 is 44.8 Å². The summed E-state index contributed by atoms with van der Waals surface area (Å²) < 4.78 is 33.3. The molecule has 3 aromatic carbocycles. The molecule has 180 valence electrons. The van der Waals surface area contributed by atoms with E-state index in [1.807, 2.05) is 31.2 Å². The Bertz CT molecular complexity index is 1200. The van der Waals surface area contributed by atoms with Crippen LogP contribution in [0.2, 0.25) is 10.0 Å². The second kappa shape index (κ2) is 12.1. The largest absolute Gasteiger partial charge is 0.494 e. The van der Waals surface area contributed by atoms with Crippen LogP contribution in [0.25, 0.3) is 0 Å². The molecule has 3 aromatic rings. The number of rotatable bonds is 11. The number of para-hydroxylation sites is 1. The summed E-state index contributed by atoms with van der Waals surface area (Å²) in [5.74, 6) is 0.392. The number of halogens is 2. The van der Waals surface area contributed by atoms with E-state index in [9.17, 15) is 13.2 Å². The van der Waals surface area contributed by atoms with Crippen LogP contribution < -0.4 is 14.4 Å². The number of ether oxygens (including phenoxy) is 1. The Hall–Kier alpha value is -2.74. The van der Waals surface area contributed by atoms with Gasteiger partial charge in [0.2, 0.25) is 5.91 Å². The third kappa shape index (κ3) is 6.88. The number of anilines is 1. The van der Waals surface area contributed by atoms with Gasteiger partial charge in [-0.05, 0) is 61.7 Å². The SMILES string of the molecule is CCOc1ccccc1CCCNC(=O)CN(c1cc(Cl)cc(Cl)c1)S(=O)(=O)c1ccccc1. The molecule has 9 heteroatoms. The van der Waals surface area contributed by atoms with Crippen LogP contribution in [-0.4, -0.2) is 34.0 Å². The Kier molecular flexibility index (Phi) is 9.21. The maximum absolute atomic E-state index is 13.4. The fraction of sp³-hybridized carbons (Fsp3) is 0.240. The highest BCUT2D eigenvalue weighted by molar-refractivity contribution is 7.92. The van der Waals surface area contributed by atoms with Gasteiger partial charge in [0.15, 0.2) is 0 Å². The molecule has 0 bridgehead atoms. The van der Waals surface area contributed by atoms with E-state index in [1.165, 1.54) is 30.3 Å². The average molecular weight is 521 g/mol. The Balaban J connectivity index is 1.71. The molecule has 0 aromatic heterocycles. The van der Waals surface area contributed by atoms with Crippen molar-refractivity contribution in [1.82, 2.24) is 5.32 Å². The number of benzene rings is 3. The van der Waals surface area contributed by atoms with Crippen molar-refractivity contribution in [3.8, 4) is 5.75 Å². The first kappa shape index (κ1) is 25.9. The summed E-state index contributed by atoms with van der Waals surface area (Å²) in [5.41, 5.74) is 1.27. The fourth-order valence-electron chi connectivity index (χ4n) is 3.42. The molecule has 0 aliphatic heterocycles. The van der Waals surface area contributed by atoms with Gasteiger partial charge < -0.3 is 10.1 Å². The lowest BCUT2D eigenvalue weighted by Crippen LogP contribution is -2.41. The van der Waals surface area contributed by atoms with Crippen molar-refractivity contribution in [2.75, 3.05) is 24.0 Å². The topological polar surface area (TPSA) is 75.7 Å². The molecule has 0 atom stereocenters. The maximum Gasteiger partial charge on any atom is 0.264 e. The third-order valence-electron chi connectivity index (χ3n) is 4.97. The second-order valence-corrected chi connectivity index (χ2v) is 10.2. The van der Waals surface area contributed by atoms with E-state index >= 15 is 0 Å². The first-order valence-corrected chi connectivity index (χ1v) is 13.0. The smallest absolute Gasteiger partial charge is 0.264 e. The summed E-state index contributed by atoms with van der Waals surface area (Å²) in [6.07, 6.45) is 1.39. The number of hydrogen-bond donors (Lipinski definition) is 1. The minimum atomic E-state index is -4.03. The van der Waals surface area contributed by atoms with Gasteiger partial charge in [0, 0.05) is 16.6 Å². The minimum absolute atomic E-state index is 0.0615. The Morgan fingerprint density at radius 3 is 2.29 bits per heavy atom. The molecule has 1 N–H and O–H groups in total. The van der Waals surface area contributed by atoms with E-state index in [2.05, 4.69) is 5.32 Å². The van der Waals surface area contributed by atoms with Gasteiger partial charge in [0.1, 0.15) is 12.3 Å². The average Bonchev–Trinajstić information content (AvgIpc) is 2.81. The highest BCUT2D eigenvalue weighted by Crippen LogP contribution is 2.29. The van der Waals surface area contributed by atoms with Crippen LogP contribution in [0.15, 0.2) is 77.7 Å². The first-order chi connectivity index (χ1) is 16.3. The lowest BCUT2D eigenvalue weighted by atomic mass is 10.1. The zero-order chi connectivity index (χ0) is 24.6. The Morgan fingerprint density at radius 1 is 0.971 bits per heavy atom. The molecule has 0 spiro atoms. The number of carbonyl (C=O) groups is 1. The number of aryl methyl sites for hydroxylation is 1. The molecule has 0 aliphatic carbocycles. The molecular weight excluding hydrogens is 495 g/mol. The summed E-state index contributed by atoms with van der Waals surface area (Å²) in [4.78, 5) is 12.8. The summed E-state index contributed by atoms with van der Waals surface area (Å²) >= 11 is 12.2. The molecule has 6 nitrogen and oxygen atoms in total. The molecule has 0 radical (unpaired) electrons. The van der Waals surface area contributed by atoms with Crippen LogP contribution in [0.1, 0.15) is 18.9 Å². The van der Waals surface area contributed by atoms with Crippen molar-refractivity contribution < 1.29 is 17.9 Å². The highest BCUT2D eigenvalue weighted by atomic mass is 35.5. The van der Waals surface area contributed by atoms with Crippen LogP contribution in [0.4, 0.5) is 5.69 Å². The predicted molar refractivity (Wildman–Crippen MR) is 136 cm³/mol. The van der Waals surface area contributed by atoms with Gasteiger partial charge in [-0.25, -0.2) is 8.42 Å². The first-order valence-electron chi connectivity index (χ1n) is 10.8. The summed E-state index contributed by atoms with van der Waals surface area (Å²) in [5, 5.41) is 3.34. The normalized spacial score (nSPS) is 11.1. The molecular formula is C25H26Cl2N2O4S. The van der Waals surface area contributed by atoms with E-state index in [0.29, 0.717) is 26.0 Å². The van der Waals surface area contributed by atoms with Crippen molar-refractivity contribution in [3.05, 3.63) is 88.4 Å². The lowest BCUT2D eigenvalue weighted by Gasteiger charge is -2.24. The Morgan fingerprint density at radius 2 is 1.62 bits per heavy atom. The molecule has 0 aliphatic rings. The standard InChI is InChI=1S/C25H26Cl2N2O4S/c1-2-33-24-13-7-6-9-19(24)10-8-14-28-25(30)18-29(22-16-20(26)15-21(27)17-22)34(31,32)23-11-4-3-5-12-23/h3-7,9,11-13,15-17H,2,8,10,14,18H2,1H3,(H,28,30). The highest BCUT2D eigenvalue weighted by Gasteiger charge is 2.27. The lowest BCUT2D eigenvalue weighted by molar-refractivity contribution is -0.119. The molecule has 0 fully saturated rings. The number of carbonyl (C=O) groups excluding carboxylic acids is 1. The molecule has 0 heterocycles. The minimum Gasteiger partial charge on any atom is -0.494 e. The summed E-state index contributed by atoms with van der Waals surface area (Å²) in [6, 6.07) is 20.1. The number of hydrogen-bond acceptors (Lipinski definition) is 4. The van der Waals surface area contributed by atoms with Crippen molar-refractivity contribution in [1.29, 1.82) is 0 Å². The number of sulfonamides is 1.